The van der Waals surface area contributed by atoms with Crippen molar-refractivity contribution in [2.45, 2.75) is 63.0 Å². The number of nitrogens with zero attached hydrogens (tertiary/aromatic N) is 2. The van der Waals surface area contributed by atoms with Gasteiger partial charge in [-0.15, -0.1) is 0 Å². The molecule has 3 aromatic carbocycles. The molecule has 7 nitrogen and oxygen atoms in total. The van der Waals surface area contributed by atoms with Crippen molar-refractivity contribution in [3.63, 3.8) is 0 Å². The second-order valence-electron chi connectivity index (χ2n) is 13.4. The Labute approximate surface area is 299 Å². The number of halogens is 12. The molecule has 0 radical (unpaired) electrons. The van der Waals surface area contributed by atoms with Crippen LogP contribution in [-0.4, -0.2) is 91.2 Å². The van der Waals surface area contributed by atoms with E-state index in [1.54, 1.807) is 0 Å². The Morgan fingerprint density at radius 3 is 2.00 bits per heavy atom. The van der Waals surface area contributed by atoms with Gasteiger partial charge in [-0.05, 0) is 71.4 Å². The molecule has 1 fully saturated rings. The van der Waals surface area contributed by atoms with Crippen LogP contribution in [0.4, 0.5) is 52.7 Å². The molecule has 0 bridgehead atoms. The van der Waals surface area contributed by atoms with Crippen LogP contribution in [0, 0.1) is 5.41 Å². The second-order valence-corrected chi connectivity index (χ2v) is 13.4. The summed E-state index contributed by atoms with van der Waals surface area (Å²) in [7, 11) is 1.09. The topological polar surface area (TPSA) is 82.1 Å². The third-order valence-electron chi connectivity index (χ3n) is 9.87. The summed E-state index contributed by atoms with van der Waals surface area (Å²) in [5.41, 5.74) is -4.91. The fourth-order valence-electron chi connectivity index (χ4n) is 7.37. The number of piperidine rings is 1. The highest BCUT2D eigenvalue weighted by Crippen LogP contribution is 2.50. The van der Waals surface area contributed by atoms with E-state index in [1.807, 2.05) is 5.32 Å². The van der Waals surface area contributed by atoms with E-state index in [-0.39, 0.29) is 51.7 Å². The van der Waals surface area contributed by atoms with E-state index in [0.717, 1.165) is 12.0 Å². The average Bonchev–Trinajstić information content (AvgIpc) is 3.04. The first-order valence-electron chi connectivity index (χ1n) is 16.4. The number of aliphatic carboxylic acids is 1. The van der Waals surface area contributed by atoms with Crippen LogP contribution in [0.3, 0.4) is 0 Å². The van der Waals surface area contributed by atoms with Gasteiger partial charge in [-0.2, -0.15) is 52.7 Å². The van der Waals surface area contributed by atoms with E-state index in [2.05, 4.69) is 0 Å². The van der Waals surface area contributed by atoms with Gasteiger partial charge in [0, 0.05) is 25.1 Å². The molecule has 0 aromatic heterocycles. The quantitative estimate of drug-likeness (QED) is 0.216. The first-order chi connectivity index (χ1) is 24.9. The van der Waals surface area contributed by atoms with Crippen LogP contribution in [0.2, 0.25) is 0 Å². The smallest absolute Gasteiger partial charge is 0.417 e. The van der Waals surface area contributed by atoms with Gasteiger partial charge >= 0.3 is 30.7 Å². The zero-order valence-electron chi connectivity index (χ0n) is 28.3. The van der Waals surface area contributed by atoms with Crippen molar-refractivity contribution in [3.05, 3.63) is 64.7 Å². The second kappa shape index (κ2) is 14.8. The van der Waals surface area contributed by atoms with E-state index in [1.165, 1.54) is 42.5 Å². The Bertz CT molecular complexity index is 1880. The highest BCUT2D eigenvalue weighted by Gasteiger charge is 2.61. The fraction of sp³-hybridized carbons (Fsp3) is 0.486. The van der Waals surface area contributed by atoms with Crippen molar-refractivity contribution < 1.29 is 72.1 Å². The molecular weight excluding hydrogens is 754 g/mol. The predicted octanol–water partition coefficient (Wildman–Crippen LogP) is 7.77. The minimum Gasteiger partial charge on any atom is -0.496 e. The lowest BCUT2D eigenvalue weighted by atomic mass is 9.76. The van der Waals surface area contributed by atoms with Crippen molar-refractivity contribution in [1.29, 1.82) is 0 Å². The molecule has 1 atom stereocenters. The van der Waals surface area contributed by atoms with E-state index in [0.29, 0.717) is 4.90 Å². The minimum atomic E-state index is -5.25. The summed E-state index contributed by atoms with van der Waals surface area (Å²) in [6.07, 6.45) is -22.7. The molecule has 3 aromatic rings. The van der Waals surface area contributed by atoms with Crippen molar-refractivity contribution in [1.82, 2.24) is 15.1 Å². The van der Waals surface area contributed by atoms with Gasteiger partial charge in [-0.1, -0.05) is 36.4 Å². The monoisotopic (exact) mass is 787 g/mol. The maximum atomic E-state index is 14.9. The summed E-state index contributed by atoms with van der Waals surface area (Å²) in [4.78, 5) is 27.3. The fourth-order valence-corrected chi connectivity index (χ4v) is 7.37. The number of alkyl halides is 12. The summed E-state index contributed by atoms with van der Waals surface area (Å²) in [5.74, 6) is -3.79. The molecule has 0 aliphatic carbocycles. The number of hydrogen-bond donors (Lipinski definition) is 2. The number of carboxylic acids is 1. The molecule has 54 heavy (non-hydrogen) atoms. The number of rotatable bonds is 9. The zero-order chi connectivity index (χ0) is 40.0. The van der Waals surface area contributed by atoms with Crippen LogP contribution >= 0.6 is 0 Å². The standard InChI is InChI=1S/C35H33F12N3O4/c1-54-26-15-20-16-50(18-33(39,40)41)11-8-22(20)28(34(42,43)44)27(26)24-7-3-5-21-19(4-2-6-23(21)24)14-25(29(51)52)48-30(53)31(35(45,46)47)9-12-49(13-10-31)17-32(36,37)38/h2-7,15,25H,8-14,16-18H2,1H3,(H,48,53)(H,51,52)/t25-/m0/s1. The molecule has 1 saturated heterocycles. The number of methoxy groups -OCH3 is 1. The zero-order valence-corrected chi connectivity index (χ0v) is 28.3. The molecule has 2 aliphatic rings. The number of carbonyl (C=O) groups excluding carboxylic acids is 1. The number of likely N-dealkylation sites (tertiary alicyclic amines) is 1. The Hall–Kier alpha value is -4.26. The third-order valence-corrected chi connectivity index (χ3v) is 9.87. The molecule has 0 spiro atoms. The lowest BCUT2D eigenvalue weighted by Crippen LogP contribution is -2.59. The van der Waals surface area contributed by atoms with Crippen LogP contribution in [-0.2, 0) is 35.2 Å². The SMILES string of the molecule is COc1cc2c(c(C(F)(F)F)c1-c1cccc3c(C[C@H](NC(=O)C4(C(F)(F)F)CCN(CC(F)(F)F)CC4)C(=O)O)cccc13)CCN(CC(F)(F)F)C2. The van der Waals surface area contributed by atoms with Gasteiger partial charge in [0.1, 0.15) is 17.2 Å². The highest BCUT2D eigenvalue weighted by atomic mass is 19.4. The first-order valence-corrected chi connectivity index (χ1v) is 16.4. The number of nitrogens with one attached hydrogen (secondary N) is 1. The van der Waals surface area contributed by atoms with Crippen molar-refractivity contribution in [3.8, 4) is 16.9 Å². The highest BCUT2D eigenvalue weighted by molar-refractivity contribution is 6.01. The van der Waals surface area contributed by atoms with Crippen molar-refractivity contribution in [2.75, 3.05) is 39.8 Å². The van der Waals surface area contributed by atoms with E-state index >= 15 is 0 Å². The van der Waals surface area contributed by atoms with Gasteiger partial charge in [0.25, 0.3) is 0 Å². The number of benzene rings is 3. The van der Waals surface area contributed by atoms with Crippen LogP contribution < -0.4 is 10.1 Å². The maximum Gasteiger partial charge on any atom is 0.417 e. The summed E-state index contributed by atoms with van der Waals surface area (Å²) in [5, 5.41) is 12.2. The van der Waals surface area contributed by atoms with Crippen LogP contribution in [0.5, 0.6) is 5.75 Å². The van der Waals surface area contributed by atoms with Crippen molar-refractivity contribution >= 4 is 22.6 Å². The van der Waals surface area contributed by atoms with Crippen LogP contribution in [0.1, 0.15) is 35.1 Å². The van der Waals surface area contributed by atoms with Crippen molar-refractivity contribution in [2.24, 2.45) is 5.41 Å². The molecule has 0 saturated carbocycles. The number of carbonyl (C=O) groups is 2. The number of fused-ring (bicyclic) bond motifs is 2. The summed E-state index contributed by atoms with van der Waals surface area (Å²) in [6, 6.07) is 7.51. The number of amides is 1. The predicted molar refractivity (Wildman–Crippen MR) is 169 cm³/mol. The van der Waals surface area contributed by atoms with Gasteiger partial charge in [0.15, 0.2) is 0 Å². The van der Waals surface area contributed by atoms with Crippen LogP contribution in [0.25, 0.3) is 21.9 Å². The first kappa shape index (κ1) is 40.9. The molecular formula is C35H33F12N3O4. The Balaban J connectivity index is 1.51. The number of ether oxygens (including phenoxy) is 1. The molecule has 1 amide bonds. The lowest BCUT2D eigenvalue weighted by molar-refractivity contribution is -0.236. The van der Waals surface area contributed by atoms with E-state index in [9.17, 15) is 67.4 Å². The molecule has 2 heterocycles. The Morgan fingerprint density at radius 1 is 0.852 bits per heavy atom. The summed E-state index contributed by atoms with van der Waals surface area (Å²) >= 11 is 0. The number of carboxylic acid groups (broad SMARTS) is 1. The lowest BCUT2D eigenvalue weighted by Gasteiger charge is -2.42. The molecule has 5 rings (SSSR count). The minimum absolute atomic E-state index is 0.0120. The van der Waals surface area contributed by atoms with E-state index < -0.39 is 111 Å². The van der Waals surface area contributed by atoms with Gasteiger partial charge in [0.2, 0.25) is 5.91 Å². The summed E-state index contributed by atoms with van der Waals surface area (Å²) < 4.78 is 171. The van der Waals surface area contributed by atoms with Gasteiger partial charge < -0.3 is 15.2 Å². The van der Waals surface area contributed by atoms with Crippen LogP contribution in [0.15, 0.2) is 42.5 Å². The summed E-state index contributed by atoms with van der Waals surface area (Å²) in [6.45, 7) is -5.06. The normalized spacial score (nSPS) is 17.9. The third kappa shape index (κ3) is 8.66. The van der Waals surface area contributed by atoms with Gasteiger partial charge in [-0.25, -0.2) is 4.79 Å². The number of hydrogen-bond acceptors (Lipinski definition) is 5. The molecule has 2 aliphatic heterocycles. The largest absolute Gasteiger partial charge is 0.496 e. The maximum absolute atomic E-state index is 14.9. The van der Waals surface area contributed by atoms with Gasteiger partial charge in [-0.3, -0.25) is 14.6 Å². The van der Waals surface area contributed by atoms with Gasteiger partial charge in [0.05, 0.1) is 25.8 Å². The molecule has 19 heteroatoms. The molecule has 296 valence electrons. The Kier molecular flexibility index (Phi) is 11.2. The van der Waals surface area contributed by atoms with E-state index in [4.69, 9.17) is 4.74 Å². The Morgan fingerprint density at radius 2 is 1.44 bits per heavy atom. The molecule has 2 N–H and O–H groups in total. The average molecular weight is 788 g/mol. The molecule has 0 unspecified atom stereocenters.